The first-order valence-corrected chi connectivity index (χ1v) is 9.00. The van der Waals surface area contributed by atoms with E-state index in [2.05, 4.69) is 4.72 Å². The van der Waals surface area contributed by atoms with E-state index in [1.54, 1.807) is 38.1 Å². The minimum absolute atomic E-state index is 0.161. The highest BCUT2D eigenvalue weighted by Gasteiger charge is 2.22. The molecule has 114 valence electrons. The normalized spacial score (nSPS) is 13.3. The van der Waals surface area contributed by atoms with Crippen molar-refractivity contribution in [3.8, 4) is 0 Å². The van der Waals surface area contributed by atoms with Crippen molar-refractivity contribution >= 4 is 33.0 Å². The average molecular weight is 346 g/mol. The molecular weight excluding hydrogens is 330 g/mol. The molecular formula is C14H16ClNO3S2. The first-order chi connectivity index (χ1) is 9.85. The van der Waals surface area contributed by atoms with Crippen LogP contribution in [0.15, 0.2) is 34.5 Å². The Morgan fingerprint density at radius 2 is 2.05 bits per heavy atom. The monoisotopic (exact) mass is 345 g/mol. The Labute approximate surface area is 133 Å². The van der Waals surface area contributed by atoms with Crippen LogP contribution in [-0.2, 0) is 16.6 Å². The molecule has 0 aliphatic carbocycles. The fourth-order valence-electron chi connectivity index (χ4n) is 1.96. The molecule has 0 saturated carbocycles. The number of sulfonamides is 1. The lowest BCUT2D eigenvalue weighted by atomic mass is 10.1. The second-order valence-electron chi connectivity index (χ2n) is 4.69. The Morgan fingerprint density at radius 1 is 1.38 bits per heavy atom. The smallest absolute Gasteiger partial charge is 0.250 e. The zero-order chi connectivity index (χ0) is 15.6. The van der Waals surface area contributed by atoms with Crippen LogP contribution in [0.4, 0.5) is 0 Å². The van der Waals surface area contributed by atoms with Gasteiger partial charge in [0.05, 0.1) is 6.61 Å². The van der Waals surface area contributed by atoms with E-state index < -0.39 is 16.1 Å². The first-order valence-electron chi connectivity index (χ1n) is 6.32. The van der Waals surface area contributed by atoms with Crippen molar-refractivity contribution < 1.29 is 13.5 Å². The molecule has 1 atom stereocenters. The Hall–Kier alpha value is -0.920. The number of aryl methyl sites for hydroxylation is 1. The lowest BCUT2D eigenvalue weighted by molar-refractivity contribution is 0.285. The molecule has 0 radical (unpaired) electrons. The number of hydrogen-bond acceptors (Lipinski definition) is 4. The van der Waals surface area contributed by atoms with E-state index in [1.165, 1.54) is 0 Å². The van der Waals surface area contributed by atoms with Crippen LogP contribution in [-0.4, -0.2) is 13.5 Å². The molecule has 7 heteroatoms. The minimum Gasteiger partial charge on any atom is -0.391 e. The summed E-state index contributed by atoms with van der Waals surface area (Å²) in [6, 6.07) is 8.24. The zero-order valence-electron chi connectivity index (χ0n) is 11.6. The van der Waals surface area contributed by atoms with Crippen LogP contribution in [0.3, 0.4) is 0 Å². The third kappa shape index (κ3) is 3.64. The summed E-state index contributed by atoms with van der Waals surface area (Å²) >= 11 is 7.15. The van der Waals surface area contributed by atoms with Gasteiger partial charge in [0.15, 0.2) is 0 Å². The van der Waals surface area contributed by atoms with Gasteiger partial charge < -0.3 is 5.11 Å². The summed E-state index contributed by atoms with van der Waals surface area (Å²) in [5.74, 6) is 0. The molecule has 21 heavy (non-hydrogen) atoms. The van der Waals surface area contributed by atoms with Crippen LogP contribution in [0, 0.1) is 6.92 Å². The van der Waals surface area contributed by atoms with Gasteiger partial charge in [-0.1, -0.05) is 29.8 Å². The molecule has 1 heterocycles. The summed E-state index contributed by atoms with van der Waals surface area (Å²) in [6.45, 7) is 3.36. The summed E-state index contributed by atoms with van der Waals surface area (Å²) in [4.78, 5) is 0.653. The van der Waals surface area contributed by atoms with Crippen LogP contribution in [0.1, 0.15) is 29.0 Å². The molecule has 4 nitrogen and oxygen atoms in total. The van der Waals surface area contributed by atoms with Gasteiger partial charge in [-0.25, -0.2) is 13.1 Å². The molecule has 0 fully saturated rings. The molecule has 1 aromatic carbocycles. The van der Waals surface area contributed by atoms with Crippen LogP contribution in [0.5, 0.6) is 0 Å². The molecule has 2 N–H and O–H groups in total. The van der Waals surface area contributed by atoms with Crippen molar-refractivity contribution in [2.24, 2.45) is 0 Å². The second-order valence-corrected chi connectivity index (χ2v) is 8.18. The maximum Gasteiger partial charge on any atom is 0.250 e. The molecule has 0 spiro atoms. The highest BCUT2D eigenvalue weighted by molar-refractivity contribution is 7.91. The summed E-state index contributed by atoms with van der Waals surface area (Å²) < 4.78 is 27.6. The number of thiophene rings is 1. The summed E-state index contributed by atoms with van der Waals surface area (Å²) in [6.07, 6.45) is 0. The Bertz CT molecular complexity index is 740. The van der Waals surface area contributed by atoms with Crippen molar-refractivity contribution in [2.75, 3.05) is 0 Å². The number of benzene rings is 1. The fraction of sp³-hybridized carbons (Fsp3) is 0.286. The zero-order valence-corrected chi connectivity index (χ0v) is 14.0. The highest BCUT2D eigenvalue weighted by Crippen LogP contribution is 2.28. The lowest BCUT2D eigenvalue weighted by Crippen LogP contribution is -2.26. The van der Waals surface area contributed by atoms with Gasteiger partial charge >= 0.3 is 0 Å². The largest absolute Gasteiger partial charge is 0.391 e. The lowest BCUT2D eigenvalue weighted by Gasteiger charge is -2.15. The van der Waals surface area contributed by atoms with Gasteiger partial charge in [-0.15, -0.1) is 11.3 Å². The molecule has 1 aromatic heterocycles. The van der Waals surface area contributed by atoms with E-state index in [0.717, 1.165) is 22.5 Å². The Morgan fingerprint density at radius 3 is 2.62 bits per heavy atom. The third-order valence-corrected chi connectivity index (χ3v) is 6.69. The van der Waals surface area contributed by atoms with E-state index in [9.17, 15) is 13.5 Å². The average Bonchev–Trinajstić information content (AvgIpc) is 2.80. The molecule has 2 aromatic rings. The van der Waals surface area contributed by atoms with Gasteiger partial charge in [0, 0.05) is 15.9 Å². The van der Waals surface area contributed by atoms with Gasteiger partial charge in [0.25, 0.3) is 10.0 Å². The predicted molar refractivity (Wildman–Crippen MR) is 85.2 cm³/mol. The minimum atomic E-state index is -3.64. The van der Waals surface area contributed by atoms with Crippen LogP contribution < -0.4 is 4.72 Å². The molecule has 2 rings (SSSR count). The van der Waals surface area contributed by atoms with Crippen molar-refractivity contribution in [1.29, 1.82) is 0 Å². The molecule has 0 saturated heterocycles. The van der Waals surface area contributed by atoms with E-state index in [-0.39, 0.29) is 10.8 Å². The Balaban J connectivity index is 2.27. The van der Waals surface area contributed by atoms with Crippen molar-refractivity contribution in [1.82, 2.24) is 4.72 Å². The Kier molecular flexibility index (Phi) is 5.06. The number of aliphatic hydroxyl groups is 1. The van der Waals surface area contributed by atoms with Gasteiger partial charge in [-0.2, -0.15) is 0 Å². The number of rotatable bonds is 5. The van der Waals surface area contributed by atoms with Crippen molar-refractivity contribution in [3.05, 3.63) is 51.4 Å². The number of halogens is 1. The van der Waals surface area contributed by atoms with Crippen LogP contribution in [0.25, 0.3) is 0 Å². The summed E-state index contributed by atoms with van der Waals surface area (Å²) in [5.41, 5.74) is 1.49. The second kappa shape index (κ2) is 6.46. The maximum atomic E-state index is 12.4. The fourth-order valence-corrected chi connectivity index (χ4v) is 4.95. The van der Waals surface area contributed by atoms with E-state index in [0.29, 0.717) is 9.90 Å². The van der Waals surface area contributed by atoms with Crippen molar-refractivity contribution in [2.45, 2.75) is 30.7 Å². The van der Waals surface area contributed by atoms with Gasteiger partial charge in [0.1, 0.15) is 4.21 Å². The first kappa shape index (κ1) is 16.5. The van der Waals surface area contributed by atoms with Crippen LogP contribution >= 0.6 is 22.9 Å². The van der Waals surface area contributed by atoms with E-state index in [4.69, 9.17) is 11.6 Å². The number of aliphatic hydroxyl groups excluding tert-OH is 1. The summed E-state index contributed by atoms with van der Waals surface area (Å²) in [5, 5.41) is 9.69. The number of nitrogens with one attached hydrogen (secondary N) is 1. The maximum absolute atomic E-state index is 12.4. The van der Waals surface area contributed by atoms with E-state index >= 15 is 0 Å². The summed E-state index contributed by atoms with van der Waals surface area (Å²) in [7, 11) is -3.64. The van der Waals surface area contributed by atoms with Gasteiger partial charge in [-0.3, -0.25) is 0 Å². The van der Waals surface area contributed by atoms with Gasteiger partial charge in [-0.05, 0) is 37.1 Å². The standard InChI is InChI=1S/C14H16ClNO3S2/c1-9-7-14(20-13(9)8-17)21(18,19)16-10(2)11-5-3-4-6-12(11)15/h3-7,10,16-17H,8H2,1-2H3. The topological polar surface area (TPSA) is 66.4 Å². The van der Waals surface area contributed by atoms with Crippen LogP contribution in [0.2, 0.25) is 5.02 Å². The molecule has 0 amide bonds. The third-order valence-electron chi connectivity index (χ3n) is 3.11. The van der Waals surface area contributed by atoms with Gasteiger partial charge in [0.2, 0.25) is 0 Å². The highest BCUT2D eigenvalue weighted by atomic mass is 35.5. The van der Waals surface area contributed by atoms with E-state index in [1.807, 2.05) is 6.07 Å². The van der Waals surface area contributed by atoms with Crippen molar-refractivity contribution in [3.63, 3.8) is 0 Å². The SMILES string of the molecule is Cc1cc(S(=O)(=O)NC(C)c2ccccc2Cl)sc1CO. The molecule has 0 bridgehead atoms. The number of hydrogen-bond donors (Lipinski definition) is 2. The quantitative estimate of drug-likeness (QED) is 0.874. The molecule has 0 aliphatic rings. The molecule has 0 aliphatic heterocycles. The molecule has 1 unspecified atom stereocenters. The predicted octanol–water partition coefficient (Wildman–Crippen LogP) is 3.24.